The third-order valence-electron chi connectivity index (χ3n) is 4.83. The Morgan fingerprint density at radius 3 is 2.50 bits per heavy atom. The summed E-state index contributed by atoms with van der Waals surface area (Å²) in [4.78, 5) is 26.2. The number of amides is 2. The molecule has 1 aliphatic rings. The number of thiophene rings is 1. The van der Waals surface area contributed by atoms with Crippen LogP contribution < -0.4 is 10.6 Å². The lowest BCUT2D eigenvalue weighted by Gasteiger charge is -2.08. The molecule has 1 aromatic heterocycles. The van der Waals surface area contributed by atoms with Crippen LogP contribution in [0.1, 0.15) is 46.5 Å². The zero-order valence-electron chi connectivity index (χ0n) is 15.8. The number of benzene rings is 1. The first kappa shape index (κ1) is 20.5. The minimum atomic E-state index is -3.52. The van der Waals surface area contributed by atoms with Gasteiger partial charge in [-0.2, -0.15) is 0 Å². The van der Waals surface area contributed by atoms with Crippen molar-refractivity contribution in [2.75, 3.05) is 18.1 Å². The van der Waals surface area contributed by atoms with Gasteiger partial charge in [0.2, 0.25) is 5.91 Å². The van der Waals surface area contributed by atoms with E-state index < -0.39 is 15.7 Å². The molecule has 0 saturated heterocycles. The van der Waals surface area contributed by atoms with E-state index in [1.54, 1.807) is 25.2 Å². The van der Waals surface area contributed by atoms with Gasteiger partial charge in [0, 0.05) is 18.3 Å². The highest BCUT2D eigenvalue weighted by atomic mass is 32.2. The SMILES string of the molecule is CNC(=O)c1c(NC(=O)CCS(=O)(=O)c2ccccc2)sc2c1CCCCC2. The zero-order valence-corrected chi connectivity index (χ0v) is 17.4. The van der Waals surface area contributed by atoms with E-state index >= 15 is 0 Å². The molecule has 0 unspecified atom stereocenters. The second-order valence-electron chi connectivity index (χ2n) is 6.78. The van der Waals surface area contributed by atoms with E-state index in [-0.39, 0.29) is 23.0 Å². The molecule has 1 aromatic carbocycles. The van der Waals surface area contributed by atoms with Crippen molar-refractivity contribution in [1.29, 1.82) is 0 Å². The number of sulfone groups is 1. The Morgan fingerprint density at radius 1 is 1.07 bits per heavy atom. The Morgan fingerprint density at radius 2 is 1.79 bits per heavy atom. The van der Waals surface area contributed by atoms with Gasteiger partial charge in [0.25, 0.3) is 5.91 Å². The van der Waals surface area contributed by atoms with Crippen LogP contribution in [0.2, 0.25) is 0 Å². The number of hydrogen-bond acceptors (Lipinski definition) is 5. The van der Waals surface area contributed by atoms with E-state index in [0.717, 1.165) is 42.5 Å². The van der Waals surface area contributed by atoms with Crippen molar-refractivity contribution in [3.63, 3.8) is 0 Å². The number of hydrogen-bond donors (Lipinski definition) is 2. The van der Waals surface area contributed by atoms with Crippen LogP contribution >= 0.6 is 11.3 Å². The molecule has 0 saturated carbocycles. The Balaban J connectivity index is 1.74. The standard InChI is InChI=1S/C20H24N2O4S2/c1-21-19(24)18-15-10-6-3-7-11-16(15)27-20(18)22-17(23)12-13-28(25,26)14-8-4-2-5-9-14/h2,4-5,8-9H,3,6-7,10-13H2,1H3,(H,21,24)(H,22,23). The molecule has 0 atom stereocenters. The van der Waals surface area contributed by atoms with Gasteiger partial charge in [-0.25, -0.2) is 8.42 Å². The molecule has 0 radical (unpaired) electrons. The van der Waals surface area contributed by atoms with Gasteiger partial charge >= 0.3 is 0 Å². The second-order valence-corrected chi connectivity index (χ2v) is 9.99. The predicted octanol–water partition coefficient (Wildman–Crippen LogP) is 3.18. The van der Waals surface area contributed by atoms with Crippen LogP contribution in [0.5, 0.6) is 0 Å². The van der Waals surface area contributed by atoms with Gasteiger partial charge in [0.15, 0.2) is 9.84 Å². The first-order chi connectivity index (χ1) is 13.4. The van der Waals surface area contributed by atoms with E-state index in [0.29, 0.717) is 10.6 Å². The maximum absolute atomic E-state index is 12.4. The van der Waals surface area contributed by atoms with Gasteiger partial charge in [-0.15, -0.1) is 11.3 Å². The third kappa shape index (κ3) is 4.62. The van der Waals surface area contributed by atoms with E-state index in [1.807, 2.05) is 0 Å². The summed E-state index contributed by atoms with van der Waals surface area (Å²) in [6.07, 6.45) is 4.80. The van der Waals surface area contributed by atoms with Crippen molar-refractivity contribution >= 4 is 38.0 Å². The van der Waals surface area contributed by atoms with Gasteiger partial charge in [-0.05, 0) is 43.4 Å². The lowest BCUT2D eigenvalue weighted by Crippen LogP contribution is -2.22. The molecule has 2 amide bonds. The summed E-state index contributed by atoms with van der Waals surface area (Å²) in [6.45, 7) is 0. The van der Waals surface area contributed by atoms with Crippen LogP contribution in [0.4, 0.5) is 5.00 Å². The lowest BCUT2D eigenvalue weighted by molar-refractivity contribution is -0.115. The van der Waals surface area contributed by atoms with E-state index in [4.69, 9.17) is 0 Å². The maximum atomic E-state index is 12.4. The summed E-state index contributed by atoms with van der Waals surface area (Å²) >= 11 is 1.43. The van der Waals surface area contributed by atoms with E-state index in [9.17, 15) is 18.0 Å². The van der Waals surface area contributed by atoms with Crippen molar-refractivity contribution in [2.24, 2.45) is 0 Å². The molecule has 28 heavy (non-hydrogen) atoms. The normalized spacial score (nSPS) is 14.0. The van der Waals surface area contributed by atoms with Crippen molar-refractivity contribution in [2.45, 2.75) is 43.4 Å². The number of carbonyl (C=O) groups is 2. The molecule has 1 aliphatic carbocycles. The predicted molar refractivity (Wildman–Crippen MR) is 111 cm³/mol. The third-order valence-corrected chi connectivity index (χ3v) is 7.77. The quantitative estimate of drug-likeness (QED) is 0.702. The molecule has 0 spiro atoms. The highest BCUT2D eigenvalue weighted by Crippen LogP contribution is 2.37. The molecule has 3 rings (SSSR count). The smallest absolute Gasteiger partial charge is 0.254 e. The second kappa shape index (κ2) is 8.87. The average Bonchev–Trinajstić information content (AvgIpc) is 2.87. The number of nitrogens with one attached hydrogen (secondary N) is 2. The topological polar surface area (TPSA) is 92.3 Å². The number of rotatable bonds is 6. The summed E-state index contributed by atoms with van der Waals surface area (Å²) < 4.78 is 24.7. The molecule has 1 heterocycles. The highest BCUT2D eigenvalue weighted by Gasteiger charge is 2.25. The Kier molecular flexibility index (Phi) is 6.51. The monoisotopic (exact) mass is 420 g/mol. The van der Waals surface area contributed by atoms with Gasteiger partial charge in [-0.1, -0.05) is 24.6 Å². The highest BCUT2D eigenvalue weighted by molar-refractivity contribution is 7.91. The first-order valence-electron chi connectivity index (χ1n) is 9.36. The number of carbonyl (C=O) groups excluding carboxylic acids is 2. The number of aryl methyl sites for hydroxylation is 1. The fourth-order valence-electron chi connectivity index (χ4n) is 3.36. The molecular weight excluding hydrogens is 396 g/mol. The summed E-state index contributed by atoms with van der Waals surface area (Å²) in [5.41, 5.74) is 1.55. The van der Waals surface area contributed by atoms with Gasteiger partial charge in [0.05, 0.1) is 16.2 Å². The number of fused-ring (bicyclic) bond motifs is 1. The summed E-state index contributed by atoms with van der Waals surface area (Å²) in [7, 11) is -1.95. The molecular formula is C20H24N2O4S2. The van der Waals surface area contributed by atoms with Crippen LogP contribution in [0.25, 0.3) is 0 Å². The van der Waals surface area contributed by atoms with Crippen LogP contribution in [-0.4, -0.2) is 33.0 Å². The van der Waals surface area contributed by atoms with Gasteiger partial charge < -0.3 is 10.6 Å². The average molecular weight is 421 g/mol. The fraction of sp³-hybridized carbons (Fsp3) is 0.400. The van der Waals surface area contributed by atoms with Crippen LogP contribution in [0.3, 0.4) is 0 Å². The minimum Gasteiger partial charge on any atom is -0.355 e. The van der Waals surface area contributed by atoms with Crippen molar-refractivity contribution in [3.05, 3.63) is 46.3 Å². The fourth-order valence-corrected chi connectivity index (χ4v) is 5.92. The van der Waals surface area contributed by atoms with E-state index in [2.05, 4.69) is 10.6 Å². The summed E-state index contributed by atoms with van der Waals surface area (Å²) in [5, 5.41) is 5.95. The molecule has 150 valence electrons. The molecule has 0 fully saturated rings. The molecule has 2 N–H and O–H groups in total. The van der Waals surface area contributed by atoms with Gasteiger partial charge in [0.1, 0.15) is 5.00 Å². The van der Waals surface area contributed by atoms with Crippen molar-refractivity contribution in [3.8, 4) is 0 Å². The van der Waals surface area contributed by atoms with Gasteiger partial charge in [-0.3, -0.25) is 9.59 Å². The van der Waals surface area contributed by atoms with Crippen molar-refractivity contribution in [1.82, 2.24) is 5.32 Å². The first-order valence-corrected chi connectivity index (χ1v) is 11.8. The molecule has 0 aliphatic heterocycles. The summed E-state index contributed by atoms with van der Waals surface area (Å²) in [5.74, 6) is -0.892. The Hall–Kier alpha value is -2.19. The van der Waals surface area contributed by atoms with E-state index in [1.165, 1.54) is 23.5 Å². The van der Waals surface area contributed by atoms with Crippen LogP contribution in [-0.2, 0) is 27.5 Å². The minimum absolute atomic E-state index is 0.160. The van der Waals surface area contributed by atoms with Crippen LogP contribution in [0, 0.1) is 0 Å². The maximum Gasteiger partial charge on any atom is 0.254 e. The van der Waals surface area contributed by atoms with Crippen LogP contribution in [0.15, 0.2) is 35.2 Å². The Bertz CT molecular complexity index is 966. The largest absolute Gasteiger partial charge is 0.355 e. The summed E-state index contributed by atoms with van der Waals surface area (Å²) in [6, 6.07) is 8.09. The molecule has 0 bridgehead atoms. The number of anilines is 1. The van der Waals surface area contributed by atoms with Crippen molar-refractivity contribution < 1.29 is 18.0 Å². The molecule has 8 heteroatoms. The molecule has 2 aromatic rings. The molecule has 6 nitrogen and oxygen atoms in total. The Labute approximate surface area is 169 Å². The zero-order chi connectivity index (χ0) is 20.1. The lowest BCUT2D eigenvalue weighted by atomic mass is 10.0.